The number of non-ortho nitro benzene ring substituents is 1. The number of nitrogens with zero attached hydrogens (tertiary/aromatic N) is 4. The van der Waals surface area contributed by atoms with Gasteiger partial charge in [0.05, 0.1) is 16.2 Å². The Labute approximate surface area is 204 Å². The molecule has 4 aromatic rings. The molecule has 0 bridgehead atoms. The first-order valence-corrected chi connectivity index (χ1v) is 11.6. The summed E-state index contributed by atoms with van der Waals surface area (Å²) in [5.74, 6) is -0.160. The van der Waals surface area contributed by atoms with Crippen LogP contribution in [0.5, 0.6) is 0 Å². The number of para-hydroxylation sites is 1. The molecule has 0 fully saturated rings. The molecule has 11 heteroatoms. The highest BCUT2D eigenvalue weighted by atomic mass is 32.2. The number of hydrogen-bond donors (Lipinski definition) is 2. The van der Waals surface area contributed by atoms with E-state index in [2.05, 4.69) is 20.8 Å². The first-order chi connectivity index (χ1) is 17.0. The summed E-state index contributed by atoms with van der Waals surface area (Å²) in [6, 6.07) is 21.7. The molecule has 9 nitrogen and oxygen atoms in total. The van der Waals surface area contributed by atoms with Gasteiger partial charge in [0, 0.05) is 36.6 Å². The predicted octanol–water partition coefficient (Wildman–Crippen LogP) is 4.30. The van der Waals surface area contributed by atoms with Crippen LogP contribution in [0.15, 0.2) is 84.0 Å². The number of amides is 1. The SMILES string of the molecule is O=C(CSc1nnc(-c2ccccc2F)n1-c1ccccc1)NCCNc1ccc([N+](=O)[O-])cc1. The van der Waals surface area contributed by atoms with Crippen LogP contribution >= 0.6 is 11.8 Å². The molecule has 1 heterocycles. The number of thioether (sulfide) groups is 1. The van der Waals surface area contributed by atoms with Crippen molar-refractivity contribution in [2.75, 3.05) is 24.2 Å². The third-order valence-corrected chi connectivity index (χ3v) is 5.88. The fraction of sp³-hybridized carbons (Fsp3) is 0.125. The van der Waals surface area contributed by atoms with Crippen LogP contribution < -0.4 is 10.6 Å². The van der Waals surface area contributed by atoms with Crippen molar-refractivity contribution in [3.63, 3.8) is 0 Å². The predicted molar refractivity (Wildman–Crippen MR) is 132 cm³/mol. The lowest BCUT2D eigenvalue weighted by molar-refractivity contribution is -0.384. The number of aromatic nitrogens is 3. The fourth-order valence-electron chi connectivity index (χ4n) is 3.28. The molecule has 0 aliphatic heterocycles. The summed E-state index contributed by atoms with van der Waals surface area (Å²) >= 11 is 1.20. The number of nitrogens with one attached hydrogen (secondary N) is 2. The quantitative estimate of drug-likeness (QED) is 0.147. The van der Waals surface area contributed by atoms with Gasteiger partial charge in [0.2, 0.25) is 5.91 Å². The van der Waals surface area contributed by atoms with Crippen molar-refractivity contribution in [1.82, 2.24) is 20.1 Å². The molecule has 0 radical (unpaired) electrons. The first kappa shape index (κ1) is 23.9. The summed E-state index contributed by atoms with van der Waals surface area (Å²) < 4.78 is 16.2. The molecular formula is C24H21FN6O3S. The van der Waals surface area contributed by atoms with E-state index in [9.17, 15) is 19.3 Å². The average Bonchev–Trinajstić information content (AvgIpc) is 3.30. The van der Waals surface area contributed by atoms with E-state index >= 15 is 0 Å². The Hall–Kier alpha value is -4.25. The molecule has 0 aliphatic carbocycles. The van der Waals surface area contributed by atoms with Crippen LogP contribution in [0.3, 0.4) is 0 Å². The van der Waals surface area contributed by atoms with E-state index < -0.39 is 10.7 Å². The smallest absolute Gasteiger partial charge is 0.269 e. The zero-order chi connectivity index (χ0) is 24.6. The number of nitro groups is 1. The molecule has 0 saturated carbocycles. The topological polar surface area (TPSA) is 115 Å². The van der Waals surface area contributed by atoms with Crippen LogP contribution in [0.25, 0.3) is 17.1 Å². The second-order valence-electron chi connectivity index (χ2n) is 7.33. The van der Waals surface area contributed by atoms with E-state index in [1.807, 2.05) is 30.3 Å². The highest BCUT2D eigenvalue weighted by molar-refractivity contribution is 7.99. The van der Waals surface area contributed by atoms with Crippen molar-refractivity contribution in [3.8, 4) is 17.1 Å². The molecule has 0 atom stereocenters. The number of rotatable bonds is 10. The highest BCUT2D eigenvalue weighted by Crippen LogP contribution is 2.29. The minimum absolute atomic E-state index is 0.0161. The molecule has 0 spiro atoms. The molecule has 1 amide bonds. The Morgan fingerprint density at radius 3 is 2.40 bits per heavy atom. The molecule has 0 unspecified atom stereocenters. The molecular weight excluding hydrogens is 471 g/mol. The van der Waals surface area contributed by atoms with E-state index in [4.69, 9.17) is 0 Å². The second kappa shape index (κ2) is 11.3. The van der Waals surface area contributed by atoms with Crippen molar-refractivity contribution in [1.29, 1.82) is 0 Å². The number of carbonyl (C=O) groups is 1. The maximum absolute atomic E-state index is 14.5. The molecule has 178 valence electrons. The third-order valence-electron chi connectivity index (χ3n) is 4.95. The van der Waals surface area contributed by atoms with Crippen LogP contribution in [-0.2, 0) is 4.79 Å². The van der Waals surface area contributed by atoms with E-state index in [0.29, 0.717) is 29.6 Å². The Bertz CT molecular complexity index is 1310. The van der Waals surface area contributed by atoms with Crippen molar-refractivity contribution in [3.05, 3.63) is 94.8 Å². The van der Waals surface area contributed by atoms with Crippen molar-refractivity contribution >= 4 is 29.0 Å². The number of carbonyl (C=O) groups excluding carboxylic acids is 1. The van der Waals surface area contributed by atoms with Crippen molar-refractivity contribution < 1.29 is 14.1 Å². The standard InChI is InChI=1S/C24H21FN6O3S/c25-21-9-5-4-8-20(21)23-28-29-24(30(23)18-6-2-1-3-7-18)35-16-22(32)27-15-14-26-17-10-12-19(13-11-17)31(33)34/h1-13,26H,14-16H2,(H,27,32). The minimum atomic E-state index is -0.459. The number of nitro benzene ring substituents is 1. The lowest BCUT2D eigenvalue weighted by atomic mass is 10.2. The van der Waals surface area contributed by atoms with Gasteiger partial charge in [-0.3, -0.25) is 19.5 Å². The minimum Gasteiger partial charge on any atom is -0.383 e. The number of hydrogen-bond acceptors (Lipinski definition) is 7. The van der Waals surface area contributed by atoms with Crippen LogP contribution in [0.1, 0.15) is 0 Å². The highest BCUT2D eigenvalue weighted by Gasteiger charge is 2.19. The number of benzene rings is 3. The maximum Gasteiger partial charge on any atom is 0.269 e. The van der Waals surface area contributed by atoms with E-state index in [-0.39, 0.29) is 17.3 Å². The largest absolute Gasteiger partial charge is 0.383 e. The van der Waals surface area contributed by atoms with Gasteiger partial charge in [-0.2, -0.15) is 0 Å². The summed E-state index contributed by atoms with van der Waals surface area (Å²) in [7, 11) is 0. The van der Waals surface area contributed by atoms with Gasteiger partial charge >= 0.3 is 0 Å². The molecule has 4 rings (SSSR count). The van der Waals surface area contributed by atoms with Crippen molar-refractivity contribution in [2.45, 2.75) is 5.16 Å². The van der Waals surface area contributed by atoms with Gasteiger partial charge in [-0.15, -0.1) is 10.2 Å². The zero-order valence-electron chi connectivity index (χ0n) is 18.4. The fourth-order valence-corrected chi connectivity index (χ4v) is 4.06. The normalized spacial score (nSPS) is 10.7. The monoisotopic (exact) mass is 492 g/mol. The molecule has 2 N–H and O–H groups in total. The van der Waals surface area contributed by atoms with Crippen LogP contribution in [-0.4, -0.2) is 44.4 Å². The van der Waals surface area contributed by atoms with Gasteiger partial charge in [0.1, 0.15) is 5.82 Å². The lowest BCUT2D eigenvalue weighted by Gasteiger charge is -2.11. The summed E-state index contributed by atoms with van der Waals surface area (Å²) in [5, 5.41) is 25.5. The molecule has 0 aliphatic rings. The van der Waals surface area contributed by atoms with E-state index in [1.165, 1.54) is 30.0 Å². The average molecular weight is 493 g/mol. The van der Waals surface area contributed by atoms with Gasteiger partial charge in [0.15, 0.2) is 11.0 Å². The molecule has 3 aromatic carbocycles. The van der Waals surface area contributed by atoms with Crippen LogP contribution in [0.2, 0.25) is 0 Å². The summed E-state index contributed by atoms with van der Waals surface area (Å²) in [6.45, 7) is 0.814. The Kier molecular flexibility index (Phi) is 7.68. The number of anilines is 1. The molecule has 0 saturated heterocycles. The van der Waals surface area contributed by atoms with Gasteiger partial charge in [-0.05, 0) is 36.4 Å². The Balaban J connectivity index is 1.36. The van der Waals surface area contributed by atoms with E-state index in [0.717, 1.165) is 11.4 Å². The van der Waals surface area contributed by atoms with Crippen molar-refractivity contribution in [2.24, 2.45) is 0 Å². The second-order valence-corrected chi connectivity index (χ2v) is 8.27. The van der Waals surface area contributed by atoms with Gasteiger partial charge in [-0.1, -0.05) is 42.1 Å². The van der Waals surface area contributed by atoms with Gasteiger partial charge in [-0.25, -0.2) is 4.39 Å². The van der Waals surface area contributed by atoms with Gasteiger partial charge < -0.3 is 10.6 Å². The van der Waals surface area contributed by atoms with E-state index in [1.54, 1.807) is 34.9 Å². The van der Waals surface area contributed by atoms with Crippen LogP contribution in [0.4, 0.5) is 15.8 Å². The van der Waals surface area contributed by atoms with Gasteiger partial charge in [0.25, 0.3) is 5.69 Å². The lowest BCUT2D eigenvalue weighted by Crippen LogP contribution is -2.30. The maximum atomic E-state index is 14.5. The summed E-state index contributed by atoms with van der Waals surface area (Å²) in [4.78, 5) is 22.6. The number of halogens is 1. The Morgan fingerprint density at radius 1 is 0.971 bits per heavy atom. The Morgan fingerprint density at radius 2 is 1.69 bits per heavy atom. The van der Waals surface area contributed by atoms with Crippen LogP contribution in [0, 0.1) is 15.9 Å². The molecule has 35 heavy (non-hydrogen) atoms. The first-order valence-electron chi connectivity index (χ1n) is 10.7. The summed E-state index contributed by atoms with van der Waals surface area (Å²) in [6.07, 6.45) is 0. The summed E-state index contributed by atoms with van der Waals surface area (Å²) in [5.41, 5.74) is 1.81. The third kappa shape index (κ3) is 6.01. The zero-order valence-corrected chi connectivity index (χ0v) is 19.2. The molecule has 1 aromatic heterocycles.